The summed E-state index contributed by atoms with van der Waals surface area (Å²) in [7, 11) is -3.81. The van der Waals surface area contributed by atoms with Gasteiger partial charge in [0.2, 0.25) is 11.9 Å². The van der Waals surface area contributed by atoms with E-state index in [9.17, 15) is 13.2 Å². The number of thioether (sulfide) groups is 1. The van der Waals surface area contributed by atoms with Crippen LogP contribution in [0.25, 0.3) is 0 Å². The van der Waals surface area contributed by atoms with Gasteiger partial charge in [0.15, 0.2) is 0 Å². The Bertz CT molecular complexity index is 1060. The summed E-state index contributed by atoms with van der Waals surface area (Å²) in [6, 6.07) is 14.9. The third-order valence-corrected chi connectivity index (χ3v) is 6.26. The van der Waals surface area contributed by atoms with Crippen molar-refractivity contribution in [1.29, 1.82) is 0 Å². The molecule has 10 heteroatoms. The lowest BCUT2D eigenvalue weighted by molar-refractivity contribution is -0.115. The Balaban J connectivity index is 1.51. The molecule has 0 aliphatic heterocycles. The van der Waals surface area contributed by atoms with E-state index in [-0.39, 0.29) is 16.8 Å². The predicted octanol–water partition coefficient (Wildman–Crippen LogP) is 4.05. The largest absolute Gasteiger partial charge is 0.326 e. The summed E-state index contributed by atoms with van der Waals surface area (Å²) in [6.45, 7) is 0. The second-order valence-electron chi connectivity index (χ2n) is 5.80. The first kappa shape index (κ1) is 21.1. The second-order valence-corrected chi connectivity index (χ2v) is 9.09. The topological polar surface area (TPSA) is 101 Å². The summed E-state index contributed by atoms with van der Waals surface area (Å²) in [6.07, 6.45) is 3.20. The number of carbonyl (C=O) groups is 1. The third-order valence-electron chi connectivity index (χ3n) is 3.65. The van der Waals surface area contributed by atoms with Crippen molar-refractivity contribution < 1.29 is 13.2 Å². The average Bonchev–Trinajstić information content (AvgIpc) is 2.70. The van der Waals surface area contributed by atoms with Crippen LogP contribution >= 0.6 is 23.4 Å². The van der Waals surface area contributed by atoms with Crippen molar-refractivity contribution in [3.05, 3.63) is 72.0 Å². The third kappa shape index (κ3) is 6.45. The molecule has 0 bridgehead atoms. The van der Waals surface area contributed by atoms with Gasteiger partial charge in [0.05, 0.1) is 4.90 Å². The number of benzene rings is 2. The Morgan fingerprint density at radius 2 is 1.66 bits per heavy atom. The van der Waals surface area contributed by atoms with Crippen LogP contribution in [-0.2, 0) is 14.8 Å². The minimum Gasteiger partial charge on any atom is -0.326 e. The van der Waals surface area contributed by atoms with Gasteiger partial charge in [-0.05, 0) is 54.6 Å². The van der Waals surface area contributed by atoms with Crippen LogP contribution in [0.4, 0.5) is 11.6 Å². The van der Waals surface area contributed by atoms with Crippen LogP contribution < -0.4 is 10.0 Å². The number of hydrogen-bond acceptors (Lipinski definition) is 6. The van der Waals surface area contributed by atoms with Crippen molar-refractivity contribution in [3.8, 4) is 0 Å². The van der Waals surface area contributed by atoms with Crippen LogP contribution in [0.1, 0.15) is 6.42 Å². The van der Waals surface area contributed by atoms with E-state index in [2.05, 4.69) is 20.0 Å². The summed E-state index contributed by atoms with van der Waals surface area (Å²) >= 11 is 7.40. The maximum atomic E-state index is 12.3. The Morgan fingerprint density at radius 1 is 1.00 bits per heavy atom. The van der Waals surface area contributed by atoms with Gasteiger partial charge in [0.25, 0.3) is 10.0 Å². The van der Waals surface area contributed by atoms with Gasteiger partial charge in [-0.15, -0.1) is 11.8 Å². The number of hydrogen-bond donors (Lipinski definition) is 2. The fraction of sp³-hybridized carbons (Fsp3) is 0.105. The molecular weight excluding hydrogens is 432 g/mol. The van der Waals surface area contributed by atoms with E-state index in [0.717, 1.165) is 4.90 Å². The van der Waals surface area contributed by atoms with Gasteiger partial charge < -0.3 is 5.32 Å². The molecule has 1 aromatic heterocycles. The molecule has 3 rings (SSSR count). The Hall–Kier alpha value is -2.62. The minimum atomic E-state index is -3.81. The lowest BCUT2D eigenvalue weighted by Crippen LogP contribution is -2.15. The maximum absolute atomic E-state index is 12.3. The number of aromatic nitrogens is 2. The zero-order chi connectivity index (χ0) is 20.7. The van der Waals surface area contributed by atoms with Crippen molar-refractivity contribution in [2.24, 2.45) is 0 Å². The summed E-state index contributed by atoms with van der Waals surface area (Å²) in [5.74, 6) is 0.446. The molecule has 0 spiro atoms. The molecule has 0 fully saturated rings. The van der Waals surface area contributed by atoms with Crippen molar-refractivity contribution >= 4 is 50.9 Å². The number of halogens is 1. The molecule has 0 saturated carbocycles. The molecular formula is C19H17ClN4O3S2. The van der Waals surface area contributed by atoms with Gasteiger partial charge in [-0.2, -0.15) is 0 Å². The normalized spacial score (nSPS) is 11.1. The Kier molecular flexibility index (Phi) is 7.08. The van der Waals surface area contributed by atoms with Crippen molar-refractivity contribution in [2.75, 3.05) is 15.8 Å². The molecule has 1 heterocycles. The molecule has 7 nitrogen and oxygen atoms in total. The van der Waals surface area contributed by atoms with Crippen LogP contribution in [0, 0.1) is 0 Å². The quantitative estimate of drug-likeness (QED) is 0.504. The summed E-state index contributed by atoms with van der Waals surface area (Å²) < 4.78 is 27.0. The van der Waals surface area contributed by atoms with E-state index in [1.54, 1.807) is 30.0 Å². The molecule has 1 amide bonds. The summed E-state index contributed by atoms with van der Waals surface area (Å²) in [5.41, 5.74) is 0.515. The van der Waals surface area contributed by atoms with Gasteiger partial charge in [-0.25, -0.2) is 23.1 Å². The zero-order valence-electron chi connectivity index (χ0n) is 15.1. The van der Waals surface area contributed by atoms with E-state index in [1.165, 1.54) is 36.7 Å². The van der Waals surface area contributed by atoms with E-state index in [0.29, 0.717) is 22.9 Å². The number of rotatable bonds is 8. The highest BCUT2D eigenvalue weighted by Crippen LogP contribution is 2.21. The molecule has 0 unspecified atom stereocenters. The van der Waals surface area contributed by atoms with E-state index in [1.807, 2.05) is 12.1 Å². The van der Waals surface area contributed by atoms with E-state index in [4.69, 9.17) is 11.6 Å². The highest BCUT2D eigenvalue weighted by Gasteiger charge is 2.15. The molecule has 0 atom stereocenters. The lowest BCUT2D eigenvalue weighted by atomic mass is 10.3. The molecule has 0 aliphatic rings. The predicted molar refractivity (Wildman–Crippen MR) is 115 cm³/mol. The molecule has 3 aromatic rings. The van der Waals surface area contributed by atoms with Gasteiger partial charge in [0, 0.05) is 40.2 Å². The first-order chi connectivity index (χ1) is 13.9. The smallest absolute Gasteiger partial charge is 0.264 e. The number of amides is 1. The van der Waals surface area contributed by atoms with Gasteiger partial charge in [0.1, 0.15) is 0 Å². The molecule has 0 aliphatic carbocycles. The highest BCUT2D eigenvalue weighted by atomic mass is 35.5. The number of carbonyl (C=O) groups excluding carboxylic acids is 1. The number of anilines is 2. The minimum absolute atomic E-state index is 0.0110. The molecule has 2 N–H and O–H groups in total. The van der Waals surface area contributed by atoms with E-state index >= 15 is 0 Å². The molecule has 150 valence electrons. The molecule has 0 saturated heterocycles. The number of sulfonamides is 1. The lowest BCUT2D eigenvalue weighted by Gasteiger charge is -2.08. The molecule has 2 aromatic carbocycles. The highest BCUT2D eigenvalue weighted by molar-refractivity contribution is 7.99. The molecule has 29 heavy (non-hydrogen) atoms. The first-order valence-corrected chi connectivity index (χ1v) is 11.4. The number of nitrogens with zero attached hydrogens (tertiary/aromatic N) is 2. The van der Waals surface area contributed by atoms with Crippen molar-refractivity contribution in [2.45, 2.75) is 16.2 Å². The Morgan fingerprint density at radius 3 is 2.31 bits per heavy atom. The number of nitrogens with one attached hydrogen (secondary N) is 2. The second kappa shape index (κ2) is 9.73. The fourth-order valence-corrected chi connectivity index (χ4v) is 4.20. The van der Waals surface area contributed by atoms with Gasteiger partial charge in [-0.3, -0.25) is 4.79 Å². The Labute approximate surface area is 178 Å². The van der Waals surface area contributed by atoms with Crippen LogP contribution in [0.15, 0.2) is 76.8 Å². The van der Waals surface area contributed by atoms with E-state index < -0.39 is 10.0 Å². The van der Waals surface area contributed by atoms with Crippen LogP contribution in [0.5, 0.6) is 0 Å². The summed E-state index contributed by atoms with van der Waals surface area (Å²) in [4.78, 5) is 20.8. The van der Waals surface area contributed by atoms with Gasteiger partial charge in [-0.1, -0.05) is 11.6 Å². The van der Waals surface area contributed by atoms with Crippen LogP contribution in [0.3, 0.4) is 0 Å². The fourth-order valence-electron chi connectivity index (χ4n) is 2.26. The maximum Gasteiger partial charge on any atom is 0.264 e. The van der Waals surface area contributed by atoms with Crippen LogP contribution in [-0.4, -0.2) is 30.0 Å². The SMILES string of the molecule is O=C(CCSc1ccc(Cl)cc1)Nc1ccc(S(=O)(=O)Nc2ncccn2)cc1. The average molecular weight is 449 g/mol. The summed E-state index contributed by atoms with van der Waals surface area (Å²) in [5, 5.41) is 3.42. The standard InChI is InChI=1S/C19H17ClN4O3S2/c20-14-2-6-16(7-3-14)28-13-10-18(25)23-15-4-8-17(9-5-15)29(26,27)24-19-21-11-1-12-22-19/h1-9,11-12H,10,13H2,(H,23,25)(H,21,22,24). The van der Waals surface area contributed by atoms with Crippen molar-refractivity contribution in [1.82, 2.24) is 9.97 Å². The van der Waals surface area contributed by atoms with Gasteiger partial charge >= 0.3 is 0 Å². The zero-order valence-corrected chi connectivity index (χ0v) is 17.5. The molecule has 0 radical (unpaired) electrons. The van der Waals surface area contributed by atoms with Crippen molar-refractivity contribution in [3.63, 3.8) is 0 Å². The monoisotopic (exact) mass is 448 g/mol. The van der Waals surface area contributed by atoms with Crippen LogP contribution in [0.2, 0.25) is 5.02 Å². The first-order valence-electron chi connectivity index (χ1n) is 8.50.